The molecular weight excluding hydrogens is 376 g/mol. The number of carbonyl (C=O) groups is 1. The van der Waals surface area contributed by atoms with Crippen molar-refractivity contribution in [3.63, 3.8) is 0 Å². The Labute approximate surface area is 175 Å². The van der Waals surface area contributed by atoms with Crippen molar-refractivity contribution in [3.8, 4) is 5.75 Å². The van der Waals surface area contributed by atoms with Gasteiger partial charge in [-0.1, -0.05) is 63.2 Å². The van der Waals surface area contributed by atoms with Crippen LogP contribution in [0.4, 0.5) is 0 Å². The Morgan fingerprint density at radius 1 is 1.00 bits per heavy atom. The van der Waals surface area contributed by atoms with Gasteiger partial charge in [-0.05, 0) is 53.0 Å². The van der Waals surface area contributed by atoms with Gasteiger partial charge in [-0.2, -0.15) is 0 Å². The molecule has 0 aliphatic heterocycles. The standard InChI is InChI=1S/C25H32O3Si/c1-25(2,3)29(4,5)28-23-16-21(24(26)17-23)14-20-12-9-13-22(15-20)27-18-19-10-7-6-8-11-19/h6-13,15-16,23H,14,17-18H2,1-5H3/t23-/m0/s1. The van der Waals surface area contributed by atoms with Gasteiger partial charge in [0.05, 0.1) is 6.10 Å². The Kier molecular flexibility index (Phi) is 6.44. The fourth-order valence-corrected chi connectivity index (χ4v) is 4.45. The molecule has 1 aliphatic carbocycles. The Morgan fingerprint density at radius 2 is 1.69 bits per heavy atom. The fourth-order valence-electron chi connectivity index (χ4n) is 3.18. The van der Waals surface area contributed by atoms with E-state index in [9.17, 15) is 4.79 Å². The lowest BCUT2D eigenvalue weighted by Gasteiger charge is -2.37. The molecule has 0 aromatic heterocycles. The second kappa shape index (κ2) is 8.68. The summed E-state index contributed by atoms with van der Waals surface area (Å²) in [6, 6.07) is 18.1. The largest absolute Gasteiger partial charge is 0.489 e. The molecule has 0 heterocycles. The summed E-state index contributed by atoms with van der Waals surface area (Å²) >= 11 is 0. The van der Waals surface area contributed by atoms with E-state index < -0.39 is 8.32 Å². The molecular formula is C25H32O3Si. The van der Waals surface area contributed by atoms with Crippen molar-refractivity contribution < 1.29 is 14.0 Å². The summed E-state index contributed by atoms with van der Waals surface area (Å²) in [5.41, 5.74) is 3.08. The average Bonchev–Trinajstić information content (AvgIpc) is 2.98. The average molecular weight is 409 g/mol. The molecule has 0 spiro atoms. The SMILES string of the molecule is CC(C)(C)[Si](C)(C)O[C@H]1C=C(Cc2cccc(OCc3ccccc3)c2)C(=O)C1. The van der Waals surface area contributed by atoms with Crippen LogP contribution in [0, 0.1) is 0 Å². The first-order chi connectivity index (χ1) is 13.6. The molecule has 0 unspecified atom stereocenters. The first-order valence-corrected chi connectivity index (χ1v) is 13.2. The number of allylic oxidation sites excluding steroid dienone is 1. The molecule has 0 fully saturated rings. The van der Waals surface area contributed by atoms with Gasteiger partial charge < -0.3 is 9.16 Å². The number of Topliss-reactive ketones (excluding diaryl/α,β-unsaturated/α-hetero) is 1. The molecule has 0 saturated carbocycles. The zero-order chi connectivity index (χ0) is 21.1. The van der Waals surface area contributed by atoms with E-state index in [4.69, 9.17) is 9.16 Å². The number of benzene rings is 2. The van der Waals surface area contributed by atoms with E-state index in [2.05, 4.69) is 33.9 Å². The fraction of sp³-hybridized carbons (Fsp3) is 0.400. The van der Waals surface area contributed by atoms with Gasteiger partial charge >= 0.3 is 0 Å². The predicted octanol–water partition coefficient (Wildman–Crippen LogP) is 6.10. The molecule has 0 amide bonds. The topological polar surface area (TPSA) is 35.5 Å². The van der Waals surface area contributed by atoms with Gasteiger partial charge in [0.25, 0.3) is 0 Å². The number of ether oxygens (including phenoxy) is 1. The minimum atomic E-state index is -1.89. The van der Waals surface area contributed by atoms with Crippen LogP contribution in [0.1, 0.15) is 38.3 Å². The van der Waals surface area contributed by atoms with E-state index in [0.29, 0.717) is 19.4 Å². The quantitative estimate of drug-likeness (QED) is 0.519. The lowest BCUT2D eigenvalue weighted by Crippen LogP contribution is -2.43. The smallest absolute Gasteiger partial charge is 0.192 e. The summed E-state index contributed by atoms with van der Waals surface area (Å²) < 4.78 is 12.4. The van der Waals surface area contributed by atoms with Crippen LogP contribution in [0.2, 0.25) is 18.1 Å². The summed E-state index contributed by atoms with van der Waals surface area (Å²) in [5.74, 6) is 1.02. The number of carbonyl (C=O) groups excluding carboxylic acids is 1. The highest BCUT2D eigenvalue weighted by Gasteiger charge is 2.40. The second-order valence-electron chi connectivity index (χ2n) is 9.33. The van der Waals surface area contributed by atoms with Crippen LogP contribution in [-0.2, 0) is 22.2 Å². The lowest BCUT2D eigenvalue weighted by molar-refractivity contribution is -0.115. The highest BCUT2D eigenvalue weighted by atomic mass is 28.4. The molecule has 3 rings (SSSR count). The molecule has 4 heteroatoms. The monoisotopic (exact) mass is 408 g/mol. The zero-order valence-corrected chi connectivity index (χ0v) is 19.2. The summed E-state index contributed by atoms with van der Waals surface area (Å²) in [4.78, 5) is 12.6. The van der Waals surface area contributed by atoms with Crippen molar-refractivity contribution in [1.29, 1.82) is 0 Å². The maximum absolute atomic E-state index is 12.6. The minimum Gasteiger partial charge on any atom is -0.489 e. The third kappa shape index (κ3) is 5.68. The molecule has 0 bridgehead atoms. The van der Waals surface area contributed by atoms with Crippen LogP contribution in [0.15, 0.2) is 66.2 Å². The summed E-state index contributed by atoms with van der Waals surface area (Å²) in [6.45, 7) is 11.7. The van der Waals surface area contributed by atoms with Gasteiger partial charge in [-0.25, -0.2) is 0 Å². The molecule has 0 radical (unpaired) electrons. The van der Waals surface area contributed by atoms with E-state index in [-0.39, 0.29) is 16.9 Å². The number of hydrogen-bond donors (Lipinski definition) is 0. The maximum atomic E-state index is 12.6. The van der Waals surface area contributed by atoms with E-state index in [1.807, 2.05) is 60.7 Å². The van der Waals surface area contributed by atoms with Crippen LogP contribution >= 0.6 is 0 Å². The molecule has 154 valence electrons. The highest BCUT2D eigenvalue weighted by Crippen LogP contribution is 2.39. The lowest BCUT2D eigenvalue weighted by atomic mass is 10.0. The van der Waals surface area contributed by atoms with Crippen molar-refractivity contribution in [2.45, 2.75) is 64.5 Å². The maximum Gasteiger partial charge on any atom is 0.192 e. The molecule has 3 nitrogen and oxygen atoms in total. The first kappa shape index (κ1) is 21.5. The molecule has 0 N–H and O–H groups in total. The summed E-state index contributed by atoms with van der Waals surface area (Å²) in [5, 5.41) is 0.136. The molecule has 2 aromatic rings. The normalized spacial score (nSPS) is 17.3. The van der Waals surface area contributed by atoms with Crippen molar-refractivity contribution in [3.05, 3.63) is 77.4 Å². The van der Waals surface area contributed by atoms with Crippen LogP contribution in [0.3, 0.4) is 0 Å². The van der Waals surface area contributed by atoms with E-state index >= 15 is 0 Å². The molecule has 1 atom stereocenters. The zero-order valence-electron chi connectivity index (χ0n) is 18.2. The van der Waals surface area contributed by atoms with Crippen molar-refractivity contribution in [2.24, 2.45) is 0 Å². The van der Waals surface area contributed by atoms with Crippen LogP contribution in [0.5, 0.6) is 5.75 Å². The number of hydrogen-bond acceptors (Lipinski definition) is 3. The van der Waals surface area contributed by atoms with Gasteiger partial charge in [-0.3, -0.25) is 4.79 Å². The number of rotatable bonds is 7. The summed E-state index contributed by atoms with van der Waals surface area (Å²) in [6.07, 6.45) is 3.04. The van der Waals surface area contributed by atoms with Crippen molar-refractivity contribution in [2.75, 3.05) is 0 Å². The van der Waals surface area contributed by atoms with Gasteiger partial charge in [-0.15, -0.1) is 0 Å². The Morgan fingerprint density at radius 3 is 2.38 bits per heavy atom. The summed E-state index contributed by atoms with van der Waals surface area (Å²) in [7, 11) is -1.89. The van der Waals surface area contributed by atoms with Crippen LogP contribution in [0.25, 0.3) is 0 Å². The van der Waals surface area contributed by atoms with Gasteiger partial charge in [0.15, 0.2) is 14.1 Å². The first-order valence-electron chi connectivity index (χ1n) is 10.3. The van der Waals surface area contributed by atoms with Gasteiger partial charge in [0, 0.05) is 12.8 Å². The third-order valence-corrected chi connectivity index (χ3v) is 10.4. The Balaban J connectivity index is 1.64. The highest BCUT2D eigenvalue weighted by molar-refractivity contribution is 6.74. The van der Waals surface area contributed by atoms with Crippen molar-refractivity contribution >= 4 is 14.1 Å². The Hall–Kier alpha value is -2.17. The van der Waals surface area contributed by atoms with Crippen LogP contribution < -0.4 is 4.74 Å². The molecule has 29 heavy (non-hydrogen) atoms. The van der Waals surface area contributed by atoms with E-state index in [0.717, 1.165) is 22.4 Å². The second-order valence-corrected chi connectivity index (χ2v) is 14.1. The molecule has 1 aliphatic rings. The number of ketones is 1. The minimum absolute atomic E-state index is 0.0871. The Bertz CT molecular complexity index is 878. The molecule has 2 aromatic carbocycles. The van der Waals surface area contributed by atoms with Crippen molar-refractivity contribution in [1.82, 2.24) is 0 Å². The van der Waals surface area contributed by atoms with E-state index in [1.54, 1.807) is 0 Å². The van der Waals surface area contributed by atoms with Crippen LogP contribution in [-0.4, -0.2) is 20.2 Å². The molecule has 0 saturated heterocycles. The third-order valence-electron chi connectivity index (χ3n) is 5.93. The van der Waals surface area contributed by atoms with Gasteiger partial charge in [0.2, 0.25) is 0 Å². The predicted molar refractivity (Wildman–Crippen MR) is 121 cm³/mol. The van der Waals surface area contributed by atoms with Gasteiger partial charge in [0.1, 0.15) is 12.4 Å². The van der Waals surface area contributed by atoms with E-state index in [1.165, 1.54) is 0 Å².